The molecule has 1 heterocycles. The van der Waals surface area contributed by atoms with Gasteiger partial charge in [0, 0.05) is 6.07 Å². The minimum Gasteiger partial charge on any atom is -0.443 e. The number of ether oxygens (including phenoxy) is 3. The van der Waals surface area contributed by atoms with Gasteiger partial charge in [-0.3, -0.25) is 20.3 Å². The highest BCUT2D eigenvalue weighted by atomic mass is 16.7. The second kappa shape index (κ2) is 5.99. The number of hydrazine groups is 1. The van der Waals surface area contributed by atoms with Crippen LogP contribution in [0.25, 0.3) is 0 Å². The highest BCUT2D eigenvalue weighted by Crippen LogP contribution is 2.37. The van der Waals surface area contributed by atoms with Gasteiger partial charge in [0.05, 0.1) is 11.0 Å². The Hall–Kier alpha value is -3.04. The number of non-ortho nitro benzene ring substituents is 1. The molecule has 0 spiro atoms. The van der Waals surface area contributed by atoms with Crippen molar-refractivity contribution < 1.29 is 28.7 Å². The summed E-state index contributed by atoms with van der Waals surface area (Å²) in [6.07, 6.45) is -2.22. The molecule has 0 saturated carbocycles. The Morgan fingerprint density at radius 1 is 1.22 bits per heavy atom. The van der Waals surface area contributed by atoms with Gasteiger partial charge in [-0.25, -0.2) is 10.2 Å². The SMILES string of the molecule is CC(C)(C)OC(=O)NNC(=O)C1Oc2ccc([N+](=O)[O-])cc2O1. The quantitative estimate of drug-likeness (QED) is 0.618. The number of hydrogen-bond acceptors (Lipinski definition) is 7. The summed E-state index contributed by atoms with van der Waals surface area (Å²) in [4.78, 5) is 33.3. The van der Waals surface area contributed by atoms with E-state index < -0.39 is 28.8 Å². The molecule has 1 aliphatic rings. The Kier molecular flexibility index (Phi) is 4.25. The Labute approximate surface area is 130 Å². The van der Waals surface area contributed by atoms with Crippen LogP contribution in [0.1, 0.15) is 20.8 Å². The van der Waals surface area contributed by atoms with Gasteiger partial charge in [-0.15, -0.1) is 0 Å². The lowest BCUT2D eigenvalue weighted by Crippen LogP contribution is -2.50. The number of rotatable bonds is 2. The van der Waals surface area contributed by atoms with Gasteiger partial charge in [0.25, 0.3) is 5.69 Å². The first-order valence-electron chi connectivity index (χ1n) is 6.56. The van der Waals surface area contributed by atoms with Crippen molar-refractivity contribution in [2.75, 3.05) is 0 Å². The van der Waals surface area contributed by atoms with Gasteiger partial charge in [-0.1, -0.05) is 0 Å². The van der Waals surface area contributed by atoms with Crippen molar-refractivity contribution in [1.82, 2.24) is 10.9 Å². The van der Waals surface area contributed by atoms with E-state index >= 15 is 0 Å². The molecule has 10 nitrogen and oxygen atoms in total. The minimum atomic E-state index is -1.37. The zero-order valence-corrected chi connectivity index (χ0v) is 12.6. The molecule has 0 aromatic heterocycles. The summed E-state index contributed by atoms with van der Waals surface area (Å²) in [6.45, 7) is 5.00. The van der Waals surface area contributed by atoms with E-state index in [1.165, 1.54) is 12.1 Å². The monoisotopic (exact) mass is 325 g/mol. The second-order valence-electron chi connectivity index (χ2n) is 5.57. The largest absolute Gasteiger partial charge is 0.443 e. The summed E-state index contributed by atoms with van der Waals surface area (Å²) in [5.41, 5.74) is 3.20. The van der Waals surface area contributed by atoms with Crippen molar-refractivity contribution in [1.29, 1.82) is 0 Å². The zero-order chi connectivity index (χ0) is 17.2. The van der Waals surface area contributed by atoms with E-state index in [1.807, 2.05) is 5.43 Å². The van der Waals surface area contributed by atoms with Crippen LogP contribution in [0.4, 0.5) is 10.5 Å². The number of nitrogens with zero attached hydrogens (tertiary/aromatic N) is 1. The molecule has 1 aromatic carbocycles. The van der Waals surface area contributed by atoms with Gasteiger partial charge in [0.2, 0.25) is 0 Å². The summed E-state index contributed by atoms with van der Waals surface area (Å²) in [5.74, 6) is -0.542. The van der Waals surface area contributed by atoms with E-state index in [9.17, 15) is 19.7 Å². The molecule has 1 aliphatic heterocycles. The number of nitrogens with one attached hydrogen (secondary N) is 2. The predicted molar refractivity (Wildman–Crippen MR) is 75.7 cm³/mol. The van der Waals surface area contributed by atoms with E-state index in [2.05, 4.69) is 5.43 Å². The van der Waals surface area contributed by atoms with E-state index in [0.29, 0.717) is 0 Å². The lowest BCUT2D eigenvalue weighted by molar-refractivity contribution is -0.384. The Balaban J connectivity index is 1.90. The highest BCUT2D eigenvalue weighted by molar-refractivity contribution is 5.83. The molecule has 0 saturated heterocycles. The number of fused-ring (bicyclic) bond motifs is 1. The van der Waals surface area contributed by atoms with Gasteiger partial charge < -0.3 is 14.2 Å². The molecule has 1 unspecified atom stereocenters. The molecule has 124 valence electrons. The number of amides is 2. The summed E-state index contributed by atoms with van der Waals surface area (Å²) in [5, 5.41) is 10.7. The summed E-state index contributed by atoms with van der Waals surface area (Å²) < 4.78 is 15.3. The Morgan fingerprint density at radius 3 is 2.48 bits per heavy atom. The third kappa shape index (κ3) is 4.22. The second-order valence-corrected chi connectivity index (χ2v) is 5.57. The molecule has 2 rings (SSSR count). The lowest BCUT2D eigenvalue weighted by Gasteiger charge is -2.20. The molecule has 0 fully saturated rings. The summed E-state index contributed by atoms with van der Waals surface area (Å²) in [7, 11) is 0. The van der Waals surface area contributed by atoms with Crippen LogP contribution < -0.4 is 20.3 Å². The van der Waals surface area contributed by atoms with Crippen LogP contribution in [0.2, 0.25) is 0 Å². The fourth-order valence-electron chi connectivity index (χ4n) is 1.64. The molecular weight excluding hydrogens is 310 g/mol. The smallest absolute Gasteiger partial charge is 0.426 e. The van der Waals surface area contributed by atoms with Gasteiger partial charge >= 0.3 is 18.3 Å². The zero-order valence-electron chi connectivity index (χ0n) is 12.6. The van der Waals surface area contributed by atoms with Crippen LogP contribution in [0.5, 0.6) is 11.5 Å². The van der Waals surface area contributed by atoms with E-state index in [4.69, 9.17) is 14.2 Å². The number of carbonyl (C=O) groups excluding carboxylic acids is 2. The predicted octanol–water partition coefficient (Wildman–Crippen LogP) is 1.25. The Bertz CT molecular complexity index is 653. The molecule has 2 N–H and O–H groups in total. The molecule has 23 heavy (non-hydrogen) atoms. The first kappa shape index (κ1) is 16.3. The molecule has 0 bridgehead atoms. The normalized spacial score (nSPS) is 15.7. The maximum Gasteiger partial charge on any atom is 0.426 e. The molecule has 10 heteroatoms. The lowest BCUT2D eigenvalue weighted by atomic mass is 10.2. The number of carbonyl (C=O) groups is 2. The van der Waals surface area contributed by atoms with E-state index in [0.717, 1.165) is 6.07 Å². The van der Waals surface area contributed by atoms with Gasteiger partial charge in [0.1, 0.15) is 5.60 Å². The summed E-state index contributed by atoms with van der Waals surface area (Å²) in [6, 6.07) is 3.69. The Morgan fingerprint density at radius 2 is 1.87 bits per heavy atom. The fraction of sp³-hybridized carbons (Fsp3) is 0.385. The summed E-state index contributed by atoms with van der Waals surface area (Å²) >= 11 is 0. The van der Waals surface area contributed by atoms with Crippen LogP contribution in [-0.4, -0.2) is 28.8 Å². The van der Waals surface area contributed by atoms with Crippen molar-refractivity contribution in [2.45, 2.75) is 32.7 Å². The number of nitro benzene ring substituents is 1. The minimum absolute atomic E-state index is 0.0663. The number of hydrogen-bond donors (Lipinski definition) is 2. The average Bonchev–Trinajstić information content (AvgIpc) is 2.85. The van der Waals surface area contributed by atoms with Crippen molar-refractivity contribution in [2.24, 2.45) is 0 Å². The van der Waals surface area contributed by atoms with Crippen molar-refractivity contribution in [3.63, 3.8) is 0 Å². The first-order valence-corrected chi connectivity index (χ1v) is 6.56. The van der Waals surface area contributed by atoms with E-state index in [1.54, 1.807) is 20.8 Å². The van der Waals surface area contributed by atoms with Crippen LogP contribution in [0, 0.1) is 10.1 Å². The van der Waals surface area contributed by atoms with Crippen molar-refractivity contribution in [3.8, 4) is 11.5 Å². The van der Waals surface area contributed by atoms with Gasteiger partial charge in [-0.2, -0.15) is 0 Å². The van der Waals surface area contributed by atoms with Crippen LogP contribution >= 0.6 is 0 Å². The van der Waals surface area contributed by atoms with Crippen LogP contribution in [0.3, 0.4) is 0 Å². The number of nitro groups is 1. The molecule has 0 radical (unpaired) electrons. The standard InChI is InChI=1S/C13H15N3O7/c1-13(2,3)23-12(18)15-14-10(17)11-21-8-5-4-7(16(19)20)6-9(8)22-11/h4-6,11H,1-3H3,(H,14,17)(H,15,18). The molecule has 2 amide bonds. The van der Waals surface area contributed by atoms with Crippen molar-refractivity contribution in [3.05, 3.63) is 28.3 Å². The maximum absolute atomic E-state index is 11.8. The molecule has 1 aromatic rings. The maximum atomic E-state index is 11.8. The fourth-order valence-corrected chi connectivity index (χ4v) is 1.64. The third-order valence-electron chi connectivity index (χ3n) is 2.51. The molecular formula is C13H15N3O7. The van der Waals surface area contributed by atoms with Gasteiger partial charge in [-0.05, 0) is 26.8 Å². The molecule has 1 atom stereocenters. The van der Waals surface area contributed by atoms with Crippen LogP contribution in [-0.2, 0) is 9.53 Å². The first-order chi connectivity index (χ1) is 10.7. The highest BCUT2D eigenvalue weighted by Gasteiger charge is 2.32. The topological polar surface area (TPSA) is 129 Å². The molecule has 0 aliphatic carbocycles. The average molecular weight is 325 g/mol. The van der Waals surface area contributed by atoms with Crippen molar-refractivity contribution >= 4 is 17.7 Å². The number of benzene rings is 1. The van der Waals surface area contributed by atoms with E-state index in [-0.39, 0.29) is 17.2 Å². The van der Waals surface area contributed by atoms with Gasteiger partial charge in [0.15, 0.2) is 11.5 Å². The van der Waals surface area contributed by atoms with Crippen LogP contribution in [0.15, 0.2) is 18.2 Å². The third-order valence-corrected chi connectivity index (χ3v) is 2.51.